The van der Waals surface area contributed by atoms with Crippen molar-refractivity contribution < 1.29 is 5.11 Å². The molecule has 6 nitrogen and oxygen atoms in total. The Hall–Kier alpha value is -1.88. The minimum atomic E-state index is 0.106. The highest BCUT2D eigenvalue weighted by Crippen LogP contribution is 2.29. The standard InChI is InChI=1S/C15H16ClN5OS/c16-13-11(3-4-12-18-5-6-23-12)14(21-15(17)20-13)19-10-2-1-9(7-10)8-22/h5-6,9-10,22H,1-2,7-8H2,(H3,17,19,20,21). The average Bonchev–Trinajstić information content (AvgIpc) is 3.17. The quantitative estimate of drug-likeness (QED) is 0.580. The van der Waals surface area contributed by atoms with Crippen molar-refractivity contribution in [1.82, 2.24) is 15.0 Å². The third kappa shape index (κ3) is 3.91. The second-order valence-corrected chi connectivity index (χ2v) is 6.64. The molecule has 0 spiro atoms. The Morgan fingerprint density at radius 3 is 2.96 bits per heavy atom. The fourth-order valence-electron chi connectivity index (χ4n) is 2.63. The largest absolute Gasteiger partial charge is 0.396 e. The summed E-state index contributed by atoms with van der Waals surface area (Å²) in [4.78, 5) is 12.3. The molecule has 4 N–H and O–H groups in total. The van der Waals surface area contributed by atoms with Crippen molar-refractivity contribution in [3.05, 3.63) is 27.3 Å². The van der Waals surface area contributed by atoms with Crippen molar-refractivity contribution in [3.8, 4) is 11.8 Å². The Morgan fingerprint density at radius 2 is 2.26 bits per heavy atom. The topological polar surface area (TPSA) is 97.0 Å². The molecule has 0 amide bonds. The molecule has 3 rings (SSSR count). The van der Waals surface area contributed by atoms with Gasteiger partial charge in [-0.15, -0.1) is 11.3 Å². The number of nitrogens with one attached hydrogen (secondary N) is 1. The van der Waals surface area contributed by atoms with E-state index in [1.54, 1.807) is 6.20 Å². The molecule has 2 heterocycles. The molecule has 1 fully saturated rings. The maximum atomic E-state index is 9.26. The Kier molecular flexibility index (Phi) is 4.96. The number of nitrogen functional groups attached to an aromatic ring is 1. The summed E-state index contributed by atoms with van der Waals surface area (Å²) < 4.78 is 0. The minimum absolute atomic E-state index is 0.106. The molecule has 1 aliphatic rings. The summed E-state index contributed by atoms with van der Waals surface area (Å²) in [5.74, 6) is 6.91. The van der Waals surface area contributed by atoms with Gasteiger partial charge < -0.3 is 16.2 Å². The molecule has 120 valence electrons. The van der Waals surface area contributed by atoms with Crippen molar-refractivity contribution in [2.75, 3.05) is 17.7 Å². The summed E-state index contributed by atoms with van der Waals surface area (Å²) in [6.45, 7) is 0.210. The zero-order valence-electron chi connectivity index (χ0n) is 12.3. The van der Waals surface area contributed by atoms with Gasteiger partial charge in [0.15, 0.2) is 10.2 Å². The van der Waals surface area contributed by atoms with Crippen molar-refractivity contribution in [2.24, 2.45) is 5.92 Å². The maximum absolute atomic E-state index is 9.26. The van der Waals surface area contributed by atoms with Gasteiger partial charge in [0.2, 0.25) is 5.95 Å². The van der Waals surface area contributed by atoms with Crippen molar-refractivity contribution in [2.45, 2.75) is 25.3 Å². The van der Waals surface area contributed by atoms with Crippen LogP contribution in [-0.4, -0.2) is 32.7 Å². The Labute approximate surface area is 143 Å². The average molecular weight is 350 g/mol. The zero-order chi connectivity index (χ0) is 16.2. The summed E-state index contributed by atoms with van der Waals surface area (Å²) in [6.07, 6.45) is 4.54. The monoisotopic (exact) mass is 349 g/mol. The van der Waals surface area contributed by atoms with Gasteiger partial charge >= 0.3 is 0 Å². The second kappa shape index (κ2) is 7.13. The van der Waals surface area contributed by atoms with Gasteiger partial charge in [-0.05, 0) is 31.1 Å². The summed E-state index contributed by atoms with van der Waals surface area (Å²) in [6, 6.07) is 0.220. The second-order valence-electron chi connectivity index (χ2n) is 5.39. The summed E-state index contributed by atoms with van der Waals surface area (Å²) >= 11 is 7.64. The van der Waals surface area contributed by atoms with E-state index in [4.69, 9.17) is 17.3 Å². The molecule has 1 saturated carbocycles. The highest BCUT2D eigenvalue weighted by atomic mass is 35.5. The Morgan fingerprint density at radius 1 is 1.39 bits per heavy atom. The molecular formula is C15H16ClN5OS. The third-order valence-corrected chi connectivity index (χ3v) is 4.71. The molecular weight excluding hydrogens is 334 g/mol. The van der Waals surface area contributed by atoms with Crippen LogP contribution >= 0.6 is 22.9 Å². The lowest BCUT2D eigenvalue weighted by Gasteiger charge is -2.15. The van der Waals surface area contributed by atoms with Gasteiger partial charge in [-0.3, -0.25) is 0 Å². The number of hydrogen-bond acceptors (Lipinski definition) is 7. The van der Waals surface area contributed by atoms with Gasteiger partial charge in [0.05, 0.1) is 0 Å². The number of hydrogen-bond donors (Lipinski definition) is 3. The third-order valence-electron chi connectivity index (χ3n) is 3.75. The fraction of sp³-hybridized carbons (Fsp3) is 0.400. The lowest BCUT2D eigenvalue weighted by molar-refractivity contribution is 0.229. The van der Waals surface area contributed by atoms with Crippen LogP contribution in [0.2, 0.25) is 5.15 Å². The number of halogens is 1. The minimum Gasteiger partial charge on any atom is -0.396 e. The molecule has 0 radical (unpaired) electrons. The van der Waals surface area contributed by atoms with Gasteiger partial charge in [0.1, 0.15) is 11.4 Å². The summed E-state index contributed by atoms with van der Waals surface area (Å²) in [5, 5.41) is 15.4. The molecule has 0 bridgehead atoms. The van der Waals surface area contributed by atoms with Gasteiger partial charge in [-0.1, -0.05) is 17.5 Å². The van der Waals surface area contributed by atoms with Gasteiger partial charge in [0.25, 0.3) is 0 Å². The van der Waals surface area contributed by atoms with Crippen LogP contribution in [0.1, 0.15) is 29.8 Å². The van der Waals surface area contributed by atoms with E-state index in [0.29, 0.717) is 22.3 Å². The van der Waals surface area contributed by atoms with Crippen LogP contribution in [-0.2, 0) is 0 Å². The van der Waals surface area contributed by atoms with E-state index in [1.807, 2.05) is 5.38 Å². The van der Waals surface area contributed by atoms with Crippen LogP contribution in [0.4, 0.5) is 11.8 Å². The van der Waals surface area contributed by atoms with Crippen LogP contribution in [0.25, 0.3) is 0 Å². The van der Waals surface area contributed by atoms with E-state index in [-0.39, 0.29) is 23.8 Å². The molecule has 2 unspecified atom stereocenters. The zero-order valence-corrected chi connectivity index (χ0v) is 13.9. The van der Waals surface area contributed by atoms with E-state index in [9.17, 15) is 5.11 Å². The Balaban J connectivity index is 1.86. The van der Waals surface area contributed by atoms with Crippen molar-refractivity contribution in [3.63, 3.8) is 0 Å². The molecule has 2 atom stereocenters. The molecule has 2 aromatic heterocycles. The van der Waals surface area contributed by atoms with Gasteiger partial charge in [-0.25, -0.2) is 4.98 Å². The first-order chi connectivity index (χ1) is 11.2. The number of nitrogens with two attached hydrogens (primary N) is 1. The van der Waals surface area contributed by atoms with Crippen LogP contribution in [0.3, 0.4) is 0 Å². The lowest BCUT2D eigenvalue weighted by atomic mass is 10.1. The number of anilines is 2. The molecule has 0 saturated heterocycles. The first-order valence-electron chi connectivity index (χ1n) is 7.27. The van der Waals surface area contributed by atoms with E-state index in [2.05, 4.69) is 32.1 Å². The number of thiazole rings is 1. The first-order valence-corrected chi connectivity index (χ1v) is 8.53. The van der Waals surface area contributed by atoms with Crippen LogP contribution in [0.5, 0.6) is 0 Å². The first kappa shape index (κ1) is 16.0. The number of aliphatic hydroxyl groups is 1. The molecule has 0 aliphatic heterocycles. The molecule has 1 aliphatic carbocycles. The van der Waals surface area contributed by atoms with Crippen LogP contribution in [0, 0.1) is 17.8 Å². The van der Waals surface area contributed by atoms with Crippen LogP contribution in [0.15, 0.2) is 11.6 Å². The van der Waals surface area contributed by atoms with Crippen molar-refractivity contribution >= 4 is 34.7 Å². The number of aliphatic hydroxyl groups excluding tert-OH is 1. The van der Waals surface area contributed by atoms with Gasteiger partial charge in [0, 0.05) is 24.2 Å². The smallest absolute Gasteiger partial charge is 0.223 e. The number of rotatable bonds is 3. The predicted octanol–water partition coefficient (Wildman–Crippen LogP) is 2.14. The van der Waals surface area contributed by atoms with Gasteiger partial charge in [-0.2, -0.15) is 9.97 Å². The maximum Gasteiger partial charge on any atom is 0.223 e. The highest BCUT2D eigenvalue weighted by molar-refractivity contribution is 7.10. The van der Waals surface area contributed by atoms with E-state index < -0.39 is 0 Å². The number of nitrogens with zero attached hydrogens (tertiary/aromatic N) is 3. The highest BCUT2D eigenvalue weighted by Gasteiger charge is 2.25. The fourth-order valence-corrected chi connectivity index (χ4v) is 3.34. The molecule has 8 heteroatoms. The molecule has 23 heavy (non-hydrogen) atoms. The number of aromatic nitrogens is 3. The van der Waals surface area contributed by atoms with Crippen molar-refractivity contribution in [1.29, 1.82) is 0 Å². The van der Waals surface area contributed by atoms with Crippen LogP contribution < -0.4 is 11.1 Å². The molecule has 2 aromatic rings. The molecule has 0 aromatic carbocycles. The lowest BCUT2D eigenvalue weighted by Crippen LogP contribution is -2.19. The summed E-state index contributed by atoms with van der Waals surface area (Å²) in [7, 11) is 0. The van der Waals surface area contributed by atoms with E-state index in [0.717, 1.165) is 19.3 Å². The van der Waals surface area contributed by atoms with E-state index >= 15 is 0 Å². The normalized spacial score (nSPS) is 20.1. The SMILES string of the molecule is Nc1nc(Cl)c(C#Cc2nccs2)c(NC2CCC(CO)C2)n1. The predicted molar refractivity (Wildman–Crippen MR) is 91.4 cm³/mol. The van der Waals surface area contributed by atoms with E-state index in [1.165, 1.54) is 11.3 Å². The Bertz CT molecular complexity index is 740. The summed E-state index contributed by atoms with van der Waals surface area (Å²) in [5.41, 5.74) is 6.22.